The van der Waals surface area contributed by atoms with E-state index in [9.17, 15) is 4.39 Å². The number of ether oxygens (including phenoxy) is 1. The molecule has 94 valence electrons. The predicted molar refractivity (Wildman–Crippen MR) is 63.0 cm³/mol. The van der Waals surface area contributed by atoms with Crippen LogP contribution in [0.3, 0.4) is 0 Å². The summed E-state index contributed by atoms with van der Waals surface area (Å²) in [6, 6.07) is 1.67. The lowest BCUT2D eigenvalue weighted by atomic mass is 10.1. The maximum Gasteiger partial charge on any atom is 0.141 e. The monoisotopic (exact) mass is 239 g/mol. The highest BCUT2D eigenvalue weighted by Gasteiger charge is 2.24. The van der Waals surface area contributed by atoms with E-state index in [0.29, 0.717) is 13.2 Å². The summed E-state index contributed by atoms with van der Waals surface area (Å²) >= 11 is 0. The van der Waals surface area contributed by atoms with E-state index in [1.807, 2.05) is 0 Å². The number of rotatable bonds is 3. The molecule has 1 saturated heterocycles. The van der Waals surface area contributed by atoms with Gasteiger partial charge >= 0.3 is 0 Å². The Bertz CT molecular complexity index is 375. The maximum absolute atomic E-state index is 13.1. The second-order valence-electron chi connectivity index (χ2n) is 4.34. The van der Waals surface area contributed by atoms with Crippen LogP contribution < -0.4 is 5.73 Å². The molecule has 0 amide bonds. The summed E-state index contributed by atoms with van der Waals surface area (Å²) in [6.07, 6.45) is 3.01. The van der Waals surface area contributed by atoms with Gasteiger partial charge in [0.05, 0.1) is 18.9 Å². The molecule has 1 aromatic heterocycles. The molecule has 17 heavy (non-hydrogen) atoms. The van der Waals surface area contributed by atoms with Crippen molar-refractivity contribution in [3.63, 3.8) is 0 Å². The maximum atomic E-state index is 13.1. The van der Waals surface area contributed by atoms with Crippen molar-refractivity contribution in [2.75, 3.05) is 26.2 Å². The molecular formula is C12H18FN3O. The predicted octanol–water partition coefficient (Wildman–Crippen LogP) is 0.941. The standard InChI is InChI=1S/C12H18FN3O/c1-9(10-4-11(13)7-15-6-10)16-2-3-17-12(5-14)8-16/h4,6-7,9,12H,2-3,5,8,14H2,1H3. The Kier molecular flexibility index (Phi) is 4.04. The average molecular weight is 239 g/mol. The third-order valence-electron chi connectivity index (χ3n) is 3.19. The summed E-state index contributed by atoms with van der Waals surface area (Å²) in [5, 5.41) is 0. The fourth-order valence-corrected chi connectivity index (χ4v) is 2.10. The van der Waals surface area contributed by atoms with Crippen molar-refractivity contribution in [2.24, 2.45) is 5.73 Å². The van der Waals surface area contributed by atoms with Gasteiger partial charge in [0.25, 0.3) is 0 Å². The van der Waals surface area contributed by atoms with Crippen LogP contribution in [0.15, 0.2) is 18.5 Å². The van der Waals surface area contributed by atoms with E-state index in [1.165, 1.54) is 12.3 Å². The first-order chi connectivity index (χ1) is 8.20. The molecule has 1 aromatic rings. The van der Waals surface area contributed by atoms with E-state index in [-0.39, 0.29) is 18.0 Å². The second-order valence-corrected chi connectivity index (χ2v) is 4.34. The number of nitrogens with zero attached hydrogens (tertiary/aromatic N) is 2. The number of hydrogen-bond donors (Lipinski definition) is 1. The summed E-state index contributed by atoms with van der Waals surface area (Å²) < 4.78 is 18.6. The Morgan fingerprint density at radius 1 is 1.65 bits per heavy atom. The van der Waals surface area contributed by atoms with Crippen molar-refractivity contribution in [2.45, 2.75) is 19.1 Å². The molecule has 2 N–H and O–H groups in total. The fourth-order valence-electron chi connectivity index (χ4n) is 2.10. The largest absolute Gasteiger partial charge is 0.374 e. The van der Waals surface area contributed by atoms with Crippen molar-refractivity contribution in [1.82, 2.24) is 9.88 Å². The van der Waals surface area contributed by atoms with Crippen molar-refractivity contribution in [1.29, 1.82) is 0 Å². The van der Waals surface area contributed by atoms with Crippen molar-refractivity contribution >= 4 is 0 Å². The molecule has 2 rings (SSSR count). The van der Waals surface area contributed by atoms with E-state index in [1.54, 1.807) is 6.20 Å². The normalized spacial score (nSPS) is 23.6. The highest BCUT2D eigenvalue weighted by molar-refractivity contribution is 5.14. The Hall–Kier alpha value is -1.04. The molecule has 0 bridgehead atoms. The van der Waals surface area contributed by atoms with Gasteiger partial charge in [-0.25, -0.2) is 4.39 Å². The molecule has 0 saturated carbocycles. The van der Waals surface area contributed by atoms with E-state index < -0.39 is 0 Å². The highest BCUT2D eigenvalue weighted by Crippen LogP contribution is 2.22. The quantitative estimate of drug-likeness (QED) is 0.853. The Balaban J connectivity index is 2.06. The molecule has 0 aliphatic carbocycles. The Morgan fingerprint density at radius 2 is 2.47 bits per heavy atom. The van der Waals surface area contributed by atoms with Gasteiger partial charge in [-0.1, -0.05) is 0 Å². The zero-order valence-electron chi connectivity index (χ0n) is 9.97. The molecular weight excluding hydrogens is 221 g/mol. The van der Waals surface area contributed by atoms with Gasteiger partial charge in [-0.3, -0.25) is 9.88 Å². The molecule has 1 aliphatic heterocycles. The van der Waals surface area contributed by atoms with Crippen LogP contribution in [0.1, 0.15) is 18.5 Å². The third kappa shape index (κ3) is 3.00. The lowest BCUT2D eigenvalue weighted by Gasteiger charge is -2.36. The summed E-state index contributed by atoms with van der Waals surface area (Å²) in [7, 11) is 0. The molecule has 4 nitrogen and oxygen atoms in total. The molecule has 1 fully saturated rings. The Morgan fingerprint density at radius 3 is 3.18 bits per heavy atom. The summed E-state index contributed by atoms with van der Waals surface area (Å²) in [4.78, 5) is 6.13. The number of aromatic nitrogens is 1. The second kappa shape index (κ2) is 5.53. The molecule has 1 aliphatic rings. The summed E-state index contributed by atoms with van der Waals surface area (Å²) in [5.74, 6) is -0.294. The van der Waals surface area contributed by atoms with Crippen LogP contribution in [0.25, 0.3) is 0 Å². The highest BCUT2D eigenvalue weighted by atomic mass is 19.1. The van der Waals surface area contributed by atoms with E-state index >= 15 is 0 Å². The van der Waals surface area contributed by atoms with E-state index in [4.69, 9.17) is 10.5 Å². The summed E-state index contributed by atoms with van der Waals surface area (Å²) in [6.45, 7) is 4.87. The lowest BCUT2D eigenvalue weighted by Crippen LogP contribution is -2.46. The minimum Gasteiger partial charge on any atom is -0.374 e. The van der Waals surface area contributed by atoms with Crippen molar-refractivity contribution in [3.05, 3.63) is 29.8 Å². The van der Waals surface area contributed by atoms with Gasteiger partial charge in [0.1, 0.15) is 5.82 Å². The molecule has 0 radical (unpaired) electrons. The number of pyridine rings is 1. The van der Waals surface area contributed by atoms with E-state index in [2.05, 4.69) is 16.8 Å². The van der Waals surface area contributed by atoms with Gasteiger partial charge in [0.15, 0.2) is 0 Å². The van der Waals surface area contributed by atoms with Gasteiger partial charge < -0.3 is 10.5 Å². The molecule has 2 atom stereocenters. The van der Waals surface area contributed by atoms with Gasteiger partial charge in [0.2, 0.25) is 0 Å². The number of halogens is 1. The van der Waals surface area contributed by atoms with Gasteiger partial charge in [-0.2, -0.15) is 0 Å². The molecule has 0 spiro atoms. The fraction of sp³-hybridized carbons (Fsp3) is 0.583. The van der Waals surface area contributed by atoms with Gasteiger partial charge in [-0.15, -0.1) is 0 Å². The molecule has 0 aromatic carbocycles. The zero-order chi connectivity index (χ0) is 12.3. The first-order valence-corrected chi connectivity index (χ1v) is 5.87. The zero-order valence-corrected chi connectivity index (χ0v) is 9.97. The minimum absolute atomic E-state index is 0.0766. The van der Waals surface area contributed by atoms with Crippen LogP contribution in [0.5, 0.6) is 0 Å². The minimum atomic E-state index is -0.294. The first-order valence-electron chi connectivity index (χ1n) is 5.87. The smallest absolute Gasteiger partial charge is 0.141 e. The number of nitrogens with two attached hydrogens (primary N) is 1. The SMILES string of the molecule is CC(c1cncc(F)c1)N1CCOC(CN)C1. The van der Waals surface area contributed by atoms with Gasteiger partial charge in [-0.05, 0) is 18.6 Å². The van der Waals surface area contributed by atoms with Crippen molar-refractivity contribution in [3.8, 4) is 0 Å². The molecule has 5 heteroatoms. The topological polar surface area (TPSA) is 51.4 Å². The van der Waals surface area contributed by atoms with E-state index in [0.717, 1.165) is 18.7 Å². The van der Waals surface area contributed by atoms with Crippen LogP contribution in [-0.4, -0.2) is 42.2 Å². The van der Waals surface area contributed by atoms with Crippen LogP contribution in [-0.2, 0) is 4.74 Å². The summed E-state index contributed by atoms with van der Waals surface area (Å²) in [5.41, 5.74) is 6.50. The van der Waals surface area contributed by atoms with Crippen molar-refractivity contribution < 1.29 is 9.13 Å². The Labute approximate surface area is 101 Å². The average Bonchev–Trinajstić information content (AvgIpc) is 2.38. The van der Waals surface area contributed by atoms with Crippen LogP contribution in [0, 0.1) is 5.82 Å². The third-order valence-corrected chi connectivity index (χ3v) is 3.19. The molecule has 2 unspecified atom stereocenters. The number of morpholine rings is 1. The van der Waals surface area contributed by atoms with Crippen LogP contribution >= 0.6 is 0 Å². The first kappa shape index (κ1) is 12.4. The van der Waals surface area contributed by atoms with Crippen LogP contribution in [0.2, 0.25) is 0 Å². The van der Waals surface area contributed by atoms with Gasteiger partial charge in [0, 0.05) is 31.9 Å². The van der Waals surface area contributed by atoms with Crippen LogP contribution in [0.4, 0.5) is 4.39 Å². The lowest BCUT2D eigenvalue weighted by molar-refractivity contribution is -0.0365. The number of hydrogen-bond acceptors (Lipinski definition) is 4. The molecule has 2 heterocycles.